The molecule has 1 aliphatic heterocycles. The SMILES string of the molecule is CN(C)c1ccc(CN2CCc3[nH]nc(C4CC4)c3CC2)cn1. The molecule has 2 aromatic heterocycles. The van der Waals surface area contributed by atoms with Crippen LogP contribution in [0.1, 0.15) is 41.3 Å². The fraction of sp³-hybridized carbons (Fsp3) is 0.556. The molecule has 0 atom stereocenters. The van der Waals surface area contributed by atoms with E-state index in [1.165, 1.54) is 35.4 Å². The number of anilines is 1. The molecule has 2 aliphatic rings. The maximum Gasteiger partial charge on any atom is 0.127 e. The predicted octanol–water partition coefficient (Wildman–Crippen LogP) is 2.35. The summed E-state index contributed by atoms with van der Waals surface area (Å²) in [5, 5.41) is 7.88. The minimum Gasteiger partial charge on any atom is -0.363 e. The minimum absolute atomic E-state index is 0.740. The molecule has 0 aromatic carbocycles. The Labute approximate surface area is 137 Å². The van der Waals surface area contributed by atoms with Crippen LogP contribution >= 0.6 is 0 Å². The van der Waals surface area contributed by atoms with Crippen LogP contribution in [0.3, 0.4) is 0 Å². The molecule has 0 saturated heterocycles. The second kappa shape index (κ2) is 5.96. The number of hydrogen-bond acceptors (Lipinski definition) is 4. The fourth-order valence-electron chi connectivity index (χ4n) is 3.44. The standard InChI is InChI=1S/C18H25N5/c1-22(2)17-6-3-13(11-19-17)12-23-9-7-15-16(8-10-23)20-21-18(15)14-4-5-14/h3,6,11,14H,4-5,7-10,12H2,1-2H3,(H,20,21). The molecule has 0 radical (unpaired) electrons. The quantitative estimate of drug-likeness (QED) is 0.941. The van der Waals surface area contributed by atoms with Crippen LogP contribution in [0, 0.1) is 0 Å². The van der Waals surface area contributed by atoms with E-state index < -0.39 is 0 Å². The number of fused-ring (bicyclic) bond motifs is 1. The molecule has 5 nitrogen and oxygen atoms in total. The van der Waals surface area contributed by atoms with Gasteiger partial charge in [0.15, 0.2) is 0 Å². The van der Waals surface area contributed by atoms with Gasteiger partial charge in [0.05, 0.1) is 5.69 Å². The maximum absolute atomic E-state index is 4.58. The van der Waals surface area contributed by atoms with Crippen molar-refractivity contribution in [2.75, 3.05) is 32.1 Å². The number of aromatic nitrogens is 3. The highest BCUT2D eigenvalue weighted by atomic mass is 15.2. The van der Waals surface area contributed by atoms with Gasteiger partial charge in [-0.2, -0.15) is 5.10 Å². The summed E-state index contributed by atoms with van der Waals surface area (Å²) in [6.45, 7) is 3.19. The first kappa shape index (κ1) is 14.7. The van der Waals surface area contributed by atoms with E-state index in [1.807, 2.05) is 25.2 Å². The summed E-state index contributed by atoms with van der Waals surface area (Å²) in [5.74, 6) is 1.75. The number of H-pyrrole nitrogens is 1. The smallest absolute Gasteiger partial charge is 0.127 e. The Hall–Kier alpha value is -1.88. The average molecular weight is 311 g/mol. The molecular formula is C18H25N5. The highest BCUT2D eigenvalue weighted by Gasteiger charge is 2.31. The molecule has 0 unspecified atom stereocenters. The monoisotopic (exact) mass is 311 g/mol. The van der Waals surface area contributed by atoms with Crippen molar-refractivity contribution < 1.29 is 0 Å². The van der Waals surface area contributed by atoms with Crippen LogP contribution in [0.25, 0.3) is 0 Å². The van der Waals surface area contributed by atoms with Crippen LogP contribution in [0.4, 0.5) is 5.82 Å². The Kier molecular flexibility index (Phi) is 3.81. The first-order valence-corrected chi connectivity index (χ1v) is 8.61. The summed E-state index contributed by atoms with van der Waals surface area (Å²) < 4.78 is 0. The van der Waals surface area contributed by atoms with Crippen molar-refractivity contribution in [3.8, 4) is 0 Å². The molecule has 5 heteroatoms. The second-order valence-electron chi connectivity index (χ2n) is 7.04. The van der Waals surface area contributed by atoms with E-state index in [4.69, 9.17) is 0 Å². The first-order valence-electron chi connectivity index (χ1n) is 8.61. The zero-order valence-corrected chi connectivity index (χ0v) is 14.0. The molecule has 1 N–H and O–H groups in total. The minimum atomic E-state index is 0.740. The van der Waals surface area contributed by atoms with E-state index in [-0.39, 0.29) is 0 Å². The largest absolute Gasteiger partial charge is 0.363 e. The molecule has 122 valence electrons. The van der Waals surface area contributed by atoms with Crippen molar-refractivity contribution in [1.29, 1.82) is 0 Å². The van der Waals surface area contributed by atoms with Crippen molar-refractivity contribution in [3.63, 3.8) is 0 Å². The molecular weight excluding hydrogens is 286 g/mol. The maximum atomic E-state index is 4.58. The molecule has 4 rings (SSSR count). The van der Waals surface area contributed by atoms with Crippen LogP contribution < -0.4 is 4.90 Å². The van der Waals surface area contributed by atoms with Gasteiger partial charge in [0.2, 0.25) is 0 Å². The van der Waals surface area contributed by atoms with Crippen molar-refractivity contribution >= 4 is 5.82 Å². The predicted molar refractivity (Wildman–Crippen MR) is 91.8 cm³/mol. The van der Waals surface area contributed by atoms with Gasteiger partial charge in [-0.15, -0.1) is 0 Å². The molecule has 1 fully saturated rings. The van der Waals surface area contributed by atoms with Crippen LogP contribution in [0.5, 0.6) is 0 Å². The van der Waals surface area contributed by atoms with Crippen molar-refractivity contribution in [3.05, 3.63) is 40.8 Å². The number of nitrogens with zero attached hydrogens (tertiary/aromatic N) is 4. The van der Waals surface area contributed by atoms with Gasteiger partial charge in [-0.1, -0.05) is 6.07 Å². The van der Waals surface area contributed by atoms with Gasteiger partial charge in [0.1, 0.15) is 5.82 Å². The van der Waals surface area contributed by atoms with E-state index >= 15 is 0 Å². The third kappa shape index (κ3) is 3.11. The van der Waals surface area contributed by atoms with E-state index in [1.54, 1.807) is 0 Å². The van der Waals surface area contributed by atoms with Crippen LogP contribution in [0.2, 0.25) is 0 Å². The van der Waals surface area contributed by atoms with Crippen LogP contribution in [0.15, 0.2) is 18.3 Å². The number of hydrogen-bond donors (Lipinski definition) is 1. The molecule has 0 bridgehead atoms. The molecule has 23 heavy (non-hydrogen) atoms. The zero-order chi connectivity index (χ0) is 15.8. The normalized spacial score (nSPS) is 18.5. The van der Waals surface area contributed by atoms with Gasteiger partial charge in [0, 0.05) is 58.0 Å². The molecule has 2 aromatic rings. The third-order valence-corrected chi connectivity index (χ3v) is 4.98. The lowest BCUT2D eigenvalue weighted by atomic mass is 10.1. The van der Waals surface area contributed by atoms with Crippen LogP contribution in [-0.2, 0) is 19.4 Å². The van der Waals surface area contributed by atoms with E-state index in [0.717, 1.165) is 44.2 Å². The Bertz CT molecular complexity index is 669. The number of nitrogens with one attached hydrogen (secondary N) is 1. The number of pyridine rings is 1. The Morgan fingerprint density at radius 3 is 2.74 bits per heavy atom. The van der Waals surface area contributed by atoms with Crippen LogP contribution in [-0.4, -0.2) is 47.3 Å². The van der Waals surface area contributed by atoms with Gasteiger partial charge < -0.3 is 4.90 Å². The summed E-state index contributed by atoms with van der Waals surface area (Å²) in [6, 6.07) is 4.30. The lowest BCUT2D eigenvalue weighted by Crippen LogP contribution is -2.26. The van der Waals surface area contributed by atoms with Gasteiger partial charge in [-0.25, -0.2) is 4.98 Å². The van der Waals surface area contributed by atoms with Gasteiger partial charge in [0.25, 0.3) is 0 Å². The molecule has 1 saturated carbocycles. The Morgan fingerprint density at radius 2 is 2.04 bits per heavy atom. The summed E-state index contributed by atoms with van der Waals surface area (Å²) in [7, 11) is 4.05. The van der Waals surface area contributed by atoms with Gasteiger partial charge in [-0.3, -0.25) is 10.00 Å². The molecule has 0 spiro atoms. The topological polar surface area (TPSA) is 48.0 Å². The molecule has 1 aliphatic carbocycles. The van der Waals surface area contributed by atoms with Gasteiger partial charge in [-0.05, 0) is 36.5 Å². The van der Waals surface area contributed by atoms with E-state index in [0.29, 0.717) is 0 Å². The first-order chi connectivity index (χ1) is 11.2. The number of rotatable bonds is 4. The summed E-state index contributed by atoms with van der Waals surface area (Å²) in [4.78, 5) is 9.10. The van der Waals surface area contributed by atoms with Gasteiger partial charge >= 0.3 is 0 Å². The summed E-state index contributed by atoms with van der Waals surface area (Å²) >= 11 is 0. The fourth-order valence-corrected chi connectivity index (χ4v) is 3.44. The highest BCUT2D eigenvalue weighted by Crippen LogP contribution is 2.41. The summed E-state index contributed by atoms with van der Waals surface area (Å²) in [6.07, 6.45) is 6.87. The highest BCUT2D eigenvalue weighted by molar-refractivity contribution is 5.37. The Morgan fingerprint density at radius 1 is 1.22 bits per heavy atom. The summed E-state index contributed by atoms with van der Waals surface area (Å²) in [5.41, 5.74) is 5.53. The lowest BCUT2D eigenvalue weighted by Gasteiger charge is -2.20. The van der Waals surface area contributed by atoms with E-state index in [2.05, 4.69) is 32.2 Å². The van der Waals surface area contributed by atoms with E-state index in [9.17, 15) is 0 Å². The molecule has 0 amide bonds. The zero-order valence-electron chi connectivity index (χ0n) is 14.0. The van der Waals surface area contributed by atoms with Crippen molar-refractivity contribution in [1.82, 2.24) is 20.1 Å². The number of aromatic amines is 1. The van der Waals surface area contributed by atoms with Crippen molar-refractivity contribution in [2.24, 2.45) is 0 Å². The third-order valence-electron chi connectivity index (χ3n) is 4.98. The Balaban J connectivity index is 1.41. The molecule has 3 heterocycles. The second-order valence-corrected chi connectivity index (χ2v) is 7.04. The lowest BCUT2D eigenvalue weighted by molar-refractivity contribution is 0.278. The average Bonchev–Trinajstić information content (AvgIpc) is 3.34. The van der Waals surface area contributed by atoms with Crippen molar-refractivity contribution in [2.45, 2.75) is 38.1 Å².